The maximum atomic E-state index is 9.48. The van der Waals surface area contributed by atoms with Crippen LogP contribution < -0.4 is 10.6 Å². The highest BCUT2D eigenvalue weighted by Gasteiger charge is 2.08. The number of phenols is 1. The Morgan fingerprint density at radius 1 is 0.724 bits per heavy atom. The number of hydrogen-bond donors (Lipinski definition) is 3. The third kappa shape index (κ3) is 4.49. The van der Waals surface area contributed by atoms with E-state index in [9.17, 15) is 5.11 Å². The van der Waals surface area contributed by atoms with E-state index in [1.807, 2.05) is 42.5 Å². The van der Waals surface area contributed by atoms with Crippen LogP contribution in [0.3, 0.4) is 0 Å². The molecule has 0 aliphatic heterocycles. The lowest BCUT2D eigenvalue weighted by Gasteiger charge is -2.12. The van der Waals surface area contributed by atoms with Gasteiger partial charge in [0.25, 0.3) is 0 Å². The summed E-state index contributed by atoms with van der Waals surface area (Å²) in [4.78, 5) is 9.25. The zero-order valence-electron chi connectivity index (χ0n) is 15.4. The van der Waals surface area contributed by atoms with Crippen molar-refractivity contribution in [3.05, 3.63) is 90.5 Å². The van der Waals surface area contributed by atoms with Gasteiger partial charge in [-0.3, -0.25) is 0 Å². The van der Waals surface area contributed by atoms with Crippen LogP contribution >= 0.6 is 0 Å². The van der Waals surface area contributed by atoms with E-state index in [0.717, 1.165) is 16.9 Å². The average molecular weight is 379 g/mol. The molecule has 0 fully saturated rings. The molecular weight excluding hydrogens is 362 g/mol. The van der Waals surface area contributed by atoms with Gasteiger partial charge in [-0.05, 0) is 48.5 Å². The van der Waals surface area contributed by atoms with Crippen LogP contribution in [0.15, 0.2) is 84.9 Å². The Hall–Kier alpha value is -4.37. The van der Waals surface area contributed by atoms with Crippen molar-refractivity contribution >= 4 is 23.0 Å². The first-order valence-electron chi connectivity index (χ1n) is 8.97. The molecule has 0 radical (unpaired) electrons. The standard InChI is InChI=1S/C23H17N5O/c24-15-16-6-8-18(9-7-16)25-21-14-22(26-19-10-12-20(29)13-11-19)28-23(27-21)17-4-2-1-3-5-17/h1-14,29H,(H2,25,26,27,28). The summed E-state index contributed by atoms with van der Waals surface area (Å²) in [6.45, 7) is 0. The molecule has 140 valence electrons. The quantitative estimate of drug-likeness (QED) is 0.412. The number of nitrogens with one attached hydrogen (secondary N) is 2. The number of anilines is 4. The van der Waals surface area contributed by atoms with E-state index in [1.165, 1.54) is 0 Å². The van der Waals surface area contributed by atoms with E-state index in [1.54, 1.807) is 42.5 Å². The fourth-order valence-corrected chi connectivity index (χ4v) is 2.76. The second kappa shape index (κ2) is 8.11. The highest BCUT2D eigenvalue weighted by molar-refractivity contribution is 5.68. The van der Waals surface area contributed by atoms with Crippen LogP contribution in [0.4, 0.5) is 23.0 Å². The van der Waals surface area contributed by atoms with Gasteiger partial charge >= 0.3 is 0 Å². The number of benzene rings is 3. The maximum absolute atomic E-state index is 9.48. The lowest BCUT2D eigenvalue weighted by atomic mass is 10.2. The van der Waals surface area contributed by atoms with Crippen LogP contribution in [-0.2, 0) is 0 Å². The van der Waals surface area contributed by atoms with E-state index < -0.39 is 0 Å². The van der Waals surface area contributed by atoms with Gasteiger partial charge in [0.1, 0.15) is 17.4 Å². The predicted octanol–water partition coefficient (Wildman–Crippen LogP) is 5.21. The number of nitrogens with zero attached hydrogens (tertiary/aromatic N) is 3. The molecule has 0 aliphatic rings. The molecule has 0 amide bonds. The Morgan fingerprint density at radius 3 is 1.83 bits per heavy atom. The number of rotatable bonds is 5. The van der Waals surface area contributed by atoms with Gasteiger partial charge in [-0.1, -0.05) is 30.3 Å². The lowest BCUT2D eigenvalue weighted by Crippen LogP contribution is -2.01. The van der Waals surface area contributed by atoms with Crippen molar-refractivity contribution in [3.63, 3.8) is 0 Å². The summed E-state index contributed by atoms with van der Waals surface area (Å²) in [7, 11) is 0. The summed E-state index contributed by atoms with van der Waals surface area (Å²) in [5, 5.41) is 24.9. The Bertz CT molecular complexity index is 1150. The summed E-state index contributed by atoms with van der Waals surface area (Å²) < 4.78 is 0. The molecule has 3 aromatic carbocycles. The minimum Gasteiger partial charge on any atom is -0.508 e. The largest absolute Gasteiger partial charge is 0.508 e. The second-order valence-electron chi connectivity index (χ2n) is 6.31. The van der Waals surface area contributed by atoms with E-state index >= 15 is 0 Å². The minimum atomic E-state index is 0.200. The highest BCUT2D eigenvalue weighted by Crippen LogP contribution is 2.25. The Labute approximate surface area is 168 Å². The Morgan fingerprint density at radius 2 is 1.28 bits per heavy atom. The summed E-state index contributed by atoms with van der Waals surface area (Å²) in [6.07, 6.45) is 0. The third-order valence-electron chi connectivity index (χ3n) is 4.18. The van der Waals surface area contributed by atoms with Crippen LogP contribution in [0.2, 0.25) is 0 Å². The Kier molecular flexibility index (Phi) is 5.04. The van der Waals surface area contributed by atoms with Gasteiger partial charge in [-0.15, -0.1) is 0 Å². The first kappa shape index (κ1) is 18.0. The first-order chi connectivity index (χ1) is 14.2. The molecule has 29 heavy (non-hydrogen) atoms. The number of phenolic OH excluding ortho intramolecular Hbond substituents is 1. The van der Waals surface area contributed by atoms with E-state index in [2.05, 4.69) is 26.7 Å². The molecule has 0 atom stereocenters. The molecule has 0 spiro atoms. The smallest absolute Gasteiger partial charge is 0.163 e. The topological polar surface area (TPSA) is 93.9 Å². The van der Waals surface area contributed by atoms with E-state index in [0.29, 0.717) is 23.0 Å². The van der Waals surface area contributed by atoms with Gasteiger partial charge in [-0.2, -0.15) is 5.26 Å². The molecule has 1 heterocycles. The summed E-state index contributed by atoms with van der Waals surface area (Å²) >= 11 is 0. The van der Waals surface area contributed by atoms with Crippen molar-refractivity contribution in [1.82, 2.24) is 9.97 Å². The minimum absolute atomic E-state index is 0.200. The third-order valence-corrected chi connectivity index (χ3v) is 4.18. The number of aromatic nitrogens is 2. The van der Waals surface area contributed by atoms with Crippen molar-refractivity contribution in [2.75, 3.05) is 10.6 Å². The van der Waals surface area contributed by atoms with Crippen LogP contribution in [0.5, 0.6) is 5.75 Å². The second-order valence-corrected chi connectivity index (χ2v) is 6.31. The van der Waals surface area contributed by atoms with Gasteiger partial charge in [-0.25, -0.2) is 9.97 Å². The molecule has 0 aliphatic carbocycles. The summed E-state index contributed by atoms with van der Waals surface area (Å²) in [5.41, 5.74) is 3.10. The fourth-order valence-electron chi connectivity index (χ4n) is 2.76. The number of aromatic hydroxyl groups is 1. The van der Waals surface area contributed by atoms with Gasteiger partial charge < -0.3 is 15.7 Å². The molecule has 6 nitrogen and oxygen atoms in total. The van der Waals surface area contributed by atoms with Gasteiger partial charge in [0.15, 0.2) is 5.82 Å². The van der Waals surface area contributed by atoms with E-state index in [-0.39, 0.29) is 5.75 Å². The highest BCUT2D eigenvalue weighted by atomic mass is 16.3. The summed E-state index contributed by atoms with van der Waals surface area (Å²) in [5.74, 6) is 2.00. The molecule has 0 saturated carbocycles. The fraction of sp³-hybridized carbons (Fsp3) is 0. The van der Waals surface area contributed by atoms with Gasteiger partial charge in [0.2, 0.25) is 0 Å². The van der Waals surface area contributed by atoms with Crippen molar-refractivity contribution in [2.45, 2.75) is 0 Å². The normalized spacial score (nSPS) is 10.2. The molecule has 3 N–H and O–H groups in total. The SMILES string of the molecule is N#Cc1ccc(Nc2cc(Nc3ccc(O)cc3)nc(-c3ccccc3)n2)cc1. The van der Waals surface area contributed by atoms with Crippen molar-refractivity contribution < 1.29 is 5.11 Å². The number of nitriles is 1. The van der Waals surface area contributed by atoms with E-state index in [4.69, 9.17) is 5.26 Å². The molecule has 0 unspecified atom stereocenters. The molecule has 0 saturated heterocycles. The van der Waals surface area contributed by atoms with Gasteiger partial charge in [0.05, 0.1) is 11.6 Å². The number of hydrogen-bond acceptors (Lipinski definition) is 6. The molecule has 0 bridgehead atoms. The summed E-state index contributed by atoms with van der Waals surface area (Å²) in [6, 6.07) is 27.5. The van der Waals surface area contributed by atoms with Crippen LogP contribution in [0, 0.1) is 11.3 Å². The Balaban J connectivity index is 1.69. The average Bonchev–Trinajstić information content (AvgIpc) is 2.76. The predicted molar refractivity (Wildman–Crippen MR) is 113 cm³/mol. The monoisotopic (exact) mass is 379 g/mol. The van der Waals surface area contributed by atoms with Crippen molar-refractivity contribution in [3.8, 4) is 23.2 Å². The molecular formula is C23H17N5O. The molecule has 6 heteroatoms. The van der Waals surface area contributed by atoms with Crippen molar-refractivity contribution in [1.29, 1.82) is 5.26 Å². The van der Waals surface area contributed by atoms with Gasteiger partial charge in [0, 0.05) is 23.0 Å². The molecule has 4 aromatic rings. The first-order valence-corrected chi connectivity index (χ1v) is 8.97. The zero-order chi connectivity index (χ0) is 20.1. The van der Waals surface area contributed by atoms with Crippen LogP contribution in [0.1, 0.15) is 5.56 Å². The lowest BCUT2D eigenvalue weighted by molar-refractivity contribution is 0.475. The molecule has 4 rings (SSSR count). The molecule has 1 aromatic heterocycles. The maximum Gasteiger partial charge on any atom is 0.163 e. The van der Waals surface area contributed by atoms with Crippen molar-refractivity contribution in [2.24, 2.45) is 0 Å². The van der Waals surface area contributed by atoms with Crippen LogP contribution in [0.25, 0.3) is 11.4 Å². The zero-order valence-corrected chi connectivity index (χ0v) is 15.4. The van der Waals surface area contributed by atoms with Crippen LogP contribution in [-0.4, -0.2) is 15.1 Å².